The Hall–Kier alpha value is -2.13. The predicted octanol–water partition coefficient (Wildman–Crippen LogP) is 5.74. The van der Waals surface area contributed by atoms with Crippen LogP contribution in [0.5, 0.6) is 0 Å². The van der Waals surface area contributed by atoms with Crippen molar-refractivity contribution in [2.75, 3.05) is 13.1 Å². The molecule has 1 aliphatic heterocycles. The summed E-state index contributed by atoms with van der Waals surface area (Å²) in [6.07, 6.45) is 8.19. The van der Waals surface area contributed by atoms with E-state index in [0.717, 1.165) is 25.1 Å². The lowest BCUT2D eigenvalue weighted by atomic mass is 9.82. The highest BCUT2D eigenvalue weighted by atomic mass is 16.4. The molecule has 148 valence electrons. The number of rotatable bonds is 6. The average Bonchev–Trinajstić information content (AvgIpc) is 3.38. The SMILES string of the molecule is CC1CCCN1CCc1c(C(=O)O)ccc(-c2ccccc2)c1C1CCCC1. The van der Waals surface area contributed by atoms with E-state index in [1.54, 1.807) is 0 Å². The van der Waals surface area contributed by atoms with E-state index in [2.05, 4.69) is 42.2 Å². The molecule has 1 saturated carbocycles. The number of carboxylic acids is 1. The van der Waals surface area contributed by atoms with Crippen LogP contribution in [-0.4, -0.2) is 35.1 Å². The standard InChI is InChI=1S/C25H31NO2/c1-18-8-7-16-26(18)17-15-22-23(25(27)28)14-13-21(19-9-3-2-4-10-19)24(22)20-11-5-6-12-20/h2-4,9-10,13-14,18,20H,5-8,11-12,15-17H2,1H3,(H,27,28). The summed E-state index contributed by atoms with van der Waals surface area (Å²) in [4.78, 5) is 14.6. The predicted molar refractivity (Wildman–Crippen MR) is 114 cm³/mol. The fourth-order valence-electron chi connectivity index (χ4n) is 5.26. The average molecular weight is 378 g/mol. The monoisotopic (exact) mass is 377 g/mol. The molecule has 1 atom stereocenters. The highest BCUT2D eigenvalue weighted by Crippen LogP contribution is 2.42. The van der Waals surface area contributed by atoms with E-state index in [1.165, 1.54) is 55.2 Å². The van der Waals surface area contributed by atoms with Gasteiger partial charge in [-0.25, -0.2) is 4.79 Å². The van der Waals surface area contributed by atoms with Crippen molar-refractivity contribution >= 4 is 5.97 Å². The number of hydrogen-bond donors (Lipinski definition) is 1. The van der Waals surface area contributed by atoms with E-state index in [0.29, 0.717) is 17.5 Å². The third-order valence-corrected chi connectivity index (χ3v) is 6.78. The number of benzene rings is 2. The van der Waals surface area contributed by atoms with Crippen molar-refractivity contribution in [2.45, 2.75) is 63.8 Å². The molecule has 2 aromatic rings. The molecule has 1 heterocycles. The second kappa shape index (κ2) is 8.48. The van der Waals surface area contributed by atoms with Gasteiger partial charge in [0.2, 0.25) is 0 Å². The maximum Gasteiger partial charge on any atom is 0.335 e. The van der Waals surface area contributed by atoms with Crippen molar-refractivity contribution in [1.82, 2.24) is 4.90 Å². The molecule has 0 spiro atoms. The number of carbonyl (C=O) groups is 1. The van der Waals surface area contributed by atoms with Gasteiger partial charge in [-0.05, 0) is 79.8 Å². The number of nitrogens with zero attached hydrogens (tertiary/aromatic N) is 1. The molecule has 2 fully saturated rings. The Kier molecular flexibility index (Phi) is 5.82. The maximum atomic E-state index is 12.1. The Labute approximate surface area is 168 Å². The van der Waals surface area contributed by atoms with Gasteiger partial charge < -0.3 is 10.0 Å². The molecule has 1 N–H and O–H groups in total. The van der Waals surface area contributed by atoms with Gasteiger partial charge in [-0.2, -0.15) is 0 Å². The Morgan fingerprint density at radius 3 is 2.43 bits per heavy atom. The largest absolute Gasteiger partial charge is 0.478 e. The highest BCUT2D eigenvalue weighted by Gasteiger charge is 2.28. The topological polar surface area (TPSA) is 40.5 Å². The summed E-state index contributed by atoms with van der Waals surface area (Å²) in [5, 5.41) is 9.92. The van der Waals surface area contributed by atoms with Gasteiger partial charge in [-0.1, -0.05) is 49.2 Å². The van der Waals surface area contributed by atoms with Crippen LogP contribution in [0, 0.1) is 0 Å². The van der Waals surface area contributed by atoms with Gasteiger partial charge in [-0.3, -0.25) is 0 Å². The molecule has 0 aromatic heterocycles. The second-order valence-electron chi connectivity index (χ2n) is 8.48. The molecule has 0 amide bonds. The summed E-state index contributed by atoms with van der Waals surface area (Å²) in [6, 6.07) is 15.0. The highest BCUT2D eigenvalue weighted by molar-refractivity contribution is 5.91. The summed E-state index contributed by atoms with van der Waals surface area (Å²) in [5.74, 6) is -0.302. The van der Waals surface area contributed by atoms with Gasteiger partial charge in [0.15, 0.2) is 0 Å². The number of likely N-dealkylation sites (tertiary alicyclic amines) is 1. The van der Waals surface area contributed by atoms with Gasteiger partial charge >= 0.3 is 5.97 Å². The first kappa shape index (κ1) is 19.2. The first-order chi connectivity index (χ1) is 13.6. The summed E-state index contributed by atoms with van der Waals surface area (Å²) in [5.41, 5.74) is 5.35. The number of carboxylic acid groups (broad SMARTS) is 1. The zero-order valence-electron chi connectivity index (χ0n) is 16.9. The Morgan fingerprint density at radius 1 is 1.04 bits per heavy atom. The molecule has 0 bridgehead atoms. The van der Waals surface area contributed by atoms with Crippen LogP contribution in [0.3, 0.4) is 0 Å². The minimum Gasteiger partial charge on any atom is -0.478 e. The quantitative estimate of drug-likeness (QED) is 0.698. The summed E-state index contributed by atoms with van der Waals surface area (Å²) < 4.78 is 0. The Morgan fingerprint density at radius 2 is 1.79 bits per heavy atom. The Balaban J connectivity index is 1.78. The maximum absolute atomic E-state index is 12.1. The van der Waals surface area contributed by atoms with Crippen molar-refractivity contribution in [3.63, 3.8) is 0 Å². The minimum atomic E-state index is -0.789. The number of aromatic carboxylic acids is 1. The molecule has 2 aromatic carbocycles. The summed E-state index contributed by atoms with van der Waals surface area (Å²) >= 11 is 0. The van der Waals surface area contributed by atoms with Gasteiger partial charge in [0.05, 0.1) is 5.56 Å². The van der Waals surface area contributed by atoms with Gasteiger partial charge in [-0.15, -0.1) is 0 Å². The van der Waals surface area contributed by atoms with Crippen LogP contribution in [-0.2, 0) is 6.42 Å². The molecule has 1 unspecified atom stereocenters. The third-order valence-electron chi connectivity index (χ3n) is 6.78. The van der Waals surface area contributed by atoms with Gasteiger partial charge in [0, 0.05) is 12.6 Å². The summed E-state index contributed by atoms with van der Waals surface area (Å²) in [6.45, 7) is 4.39. The van der Waals surface area contributed by atoms with Crippen LogP contribution < -0.4 is 0 Å². The lowest BCUT2D eigenvalue weighted by molar-refractivity contribution is 0.0695. The molecule has 1 aliphatic carbocycles. The van der Waals surface area contributed by atoms with Crippen molar-refractivity contribution in [3.8, 4) is 11.1 Å². The third kappa shape index (κ3) is 3.86. The molecule has 1 saturated heterocycles. The Bertz CT molecular complexity index is 824. The van der Waals surface area contributed by atoms with Crippen molar-refractivity contribution in [2.24, 2.45) is 0 Å². The lowest BCUT2D eigenvalue weighted by Gasteiger charge is -2.25. The smallest absolute Gasteiger partial charge is 0.335 e. The molecule has 2 aliphatic rings. The van der Waals surface area contributed by atoms with Crippen LogP contribution in [0.15, 0.2) is 42.5 Å². The van der Waals surface area contributed by atoms with E-state index in [1.807, 2.05) is 12.1 Å². The molecule has 4 rings (SSSR count). The van der Waals surface area contributed by atoms with Crippen molar-refractivity contribution < 1.29 is 9.90 Å². The van der Waals surface area contributed by atoms with Gasteiger partial charge in [0.1, 0.15) is 0 Å². The van der Waals surface area contributed by atoms with E-state index in [4.69, 9.17) is 0 Å². The normalized spacial score (nSPS) is 20.7. The fraction of sp³-hybridized carbons (Fsp3) is 0.480. The first-order valence-corrected chi connectivity index (χ1v) is 10.8. The molecular weight excluding hydrogens is 346 g/mol. The molecule has 3 heteroatoms. The van der Waals surface area contributed by atoms with E-state index >= 15 is 0 Å². The zero-order chi connectivity index (χ0) is 19.5. The van der Waals surface area contributed by atoms with Crippen LogP contribution in [0.25, 0.3) is 11.1 Å². The minimum absolute atomic E-state index is 0.487. The molecule has 28 heavy (non-hydrogen) atoms. The molecule has 0 radical (unpaired) electrons. The molecular formula is C25H31NO2. The van der Waals surface area contributed by atoms with E-state index in [-0.39, 0.29) is 0 Å². The van der Waals surface area contributed by atoms with Crippen molar-refractivity contribution in [3.05, 3.63) is 59.2 Å². The molecule has 3 nitrogen and oxygen atoms in total. The number of hydrogen-bond acceptors (Lipinski definition) is 2. The van der Waals surface area contributed by atoms with Gasteiger partial charge in [0.25, 0.3) is 0 Å². The van der Waals surface area contributed by atoms with Crippen LogP contribution in [0.4, 0.5) is 0 Å². The van der Waals surface area contributed by atoms with Crippen LogP contribution >= 0.6 is 0 Å². The lowest BCUT2D eigenvalue weighted by Crippen LogP contribution is -2.29. The summed E-state index contributed by atoms with van der Waals surface area (Å²) in [7, 11) is 0. The van der Waals surface area contributed by atoms with E-state index < -0.39 is 5.97 Å². The zero-order valence-corrected chi connectivity index (χ0v) is 16.9. The second-order valence-corrected chi connectivity index (χ2v) is 8.48. The fourth-order valence-corrected chi connectivity index (χ4v) is 5.26. The van der Waals surface area contributed by atoms with E-state index in [9.17, 15) is 9.90 Å². The van der Waals surface area contributed by atoms with Crippen LogP contribution in [0.1, 0.15) is 72.9 Å². The first-order valence-electron chi connectivity index (χ1n) is 10.8. The van der Waals surface area contributed by atoms with Crippen molar-refractivity contribution in [1.29, 1.82) is 0 Å². The van der Waals surface area contributed by atoms with Crippen LogP contribution in [0.2, 0.25) is 0 Å².